The van der Waals surface area contributed by atoms with Crippen LogP contribution in [0.15, 0.2) is 24.3 Å². The van der Waals surface area contributed by atoms with Gasteiger partial charge in [0.15, 0.2) is 6.61 Å². The maximum Gasteiger partial charge on any atom is 0.303 e. The van der Waals surface area contributed by atoms with Gasteiger partial charge in [0, 0.05) is 25.1 Å². The number of rotatable bonds is 8. The van der Waals surface area contributed by atoms with Gasteiger partial charge in [-0.05, 0) is 18.1 Å². The van der Waals surface area contributed by atoms with Crippen LogP contribution < -0.4 is 10.1 Å². The summed E-state index contributed by atoms with van der Waals surface area (Å²) < 4.78 is 5.16. The zero-order chi connectivity index (χ0) is 15.8. The topological polar surface area (TPSA) is 119 Å². The summed E-state index contributed by atoms with van der Waals surface area (Å²) >= 11 is 0. The Morgan fingerprint density at radius 3 is 2.52 bits per heavy atom. The summed E-state index contributed by atoms with van der Waals surface area (Å²) in [5.74, 6) is -1.13. The second-order valence-electron chi connectivity index (χ2n) is 4.55. The van der Waals surface area contributed by atoms with Crippen molar-refractivity contribution in [2.45, 2.75) is 13.3 Å². The number of amides is 1. The Hall–Kier alpha value is -2.64. The Bertz CT molecular complexity index is 514. The first-order valence-corrected chi connectivity index (χ1v) is 6.24. The van der Waals surface area contributed by atoms with Gasteiger partial charge >= 0.3 is 5.97 Å². The van der Waals surface area contributed by atoms with E-state index in [1.165, 1.54) is 24.3 Å². The van der Waals surface area contributed by atoms with E-state index in [4.69, 9.17) is 9.84 Å². The maximum absolute atomic E-state index is 11.5. The number of carboxylic acids is 1. The number of carbonyl (C=O) groups excluding carboxylic acids is 1. The van der Waals surface area contributed by atoms with Gasteiger partial charge in [0.05, 0.1) is 4.92 Å². The molecule has 1 rings (SSSR count). The Kier molecular flexibility index (Phi) is 6.12. The number of benzene rings is 1. The number of nitro groups is 1. The van der Waals surface area contributed by atoms with Crippen LogP contribution in [0.3, 0.4) is 0 Å². The molecule has 8 nitrogen and oxygen atoms in total. The van der Waals surface area contributed by atoms with E-state index < -0.39 is 10.9 Å². The van der Waals surface area contributed by atoms with Gasteiger partial charge in [0.25, 0.3) is 11.6 Å². The second kappa shape index (κ2) is 7.83. The number of nitrogens with zero attached hydrogens (tertiary/aromatic N) is 1. The van der Waals surface area contributed by atoms with Gasteiger partial charge < -0.3 is 15.2 Å². The van der Waals surface area contributed by atoms with Crippen LogP contribution in [0.2, 0.25) is 0 Å². The van der Waals surface area contributed by atoms with E-state index in [2.05, 4.69) is 5.32 Å². The fraction of sp³-hybridized carbons (Fsp3) is 0.385. The van der Waals surface area contributed by atoms with Crippen LogP contribution >= 0.6 is 0 Å². The molecule has 0 aliphatic heterocycles. The van der Waals surface area contributed by atoms with Crippen LogP contribution in [-0.2, 0) is 9.59 Å². The van der Waals surface area contributed by atoms with E-state index in [-0.39, 0.29) is 37.1 Å². The highest BCUT2D eigenvalue weighted by atomic mass is 16.6. The number of nitrogens with one attached hydrogen (secondary N) is 1. The molecular weight excluding hydrogens is 280 g/mol. The Balaban J connectivity index is 2.32. The van der Waals surface area contributed by atoms with E-state index in [9.17, 15) is 19.7 Å². The van der Waals surface area contributed by atoms with Gasteiger partial charge in [-0.15, -0.1) is 0 Å². The lowest BCUT2D eigenvalue weighted by molar-refractivity contribution is -0.384. The highest BCUT2D eigenvalue weighted by Gasteiger charge is 2.10. The predicted molar refractivity (Wildman–Crippen MR) is 73.0 cm³/mol. The van der Waals surface area contributed by atoms with Crippen molar-refractivity contribution in [2.75, 3.05) is 13.2 Å². The number of carboxylic acid groups (broad SMARTS) is 1. The van der Waals surface area contributed by atoms with Gasteiger partial charge in [-0.25, -0.2) is 0 Å². The average Bonchev–Trinajstić information content (AvgIpc) is 2.42. The minimum absolute atomic E-state index is 0.0243. The standard InChI is InChI=1S/C13H16N2O6/c1-9(6-13(17)18)7-14-12(16)8-21-11-4-2-10(3-5-11)15(19)20/h2-5,9H,6-8H2,1H3,(H,14,16)(H,17,18). The van der Waals surface area contributed by atoms with Crippen LogP contribution in [0.5, 0.6) is 5.75 Å². The van der Waals surface area contributed by atoms with Crippen molar-refractivity contribution in [3.8, 4) is 5.75 Å². The SMILES string of the molecule is CC(CNC(=O)COc1ccc([N+](=O)[O-])cc1)CC(=O)O. The first-order chi connectivity index (χ1) is 9.88. The molecule has 8 heteroatoms. The van der Waals surface area contributed by atoms with E-state index >= 15 is 0 Å². The van der Waals surface area contributed by atoms with Gasteiger partial charge in [-0.2, -0.15) is 0 Å². The van der Waals surface area contributed by atoms with Crippen molar-refractivity contribution in [2.24, 2.45) is 5.92 Å². The van der Waals surface area contributed by atoms with Gasteiger partial charge in [-0.1, -0.05) is 6.92 Å². The zero-order valence-electron chi connectivity index (χ0n) is 11.4. The van der Waals surface area contributed by atoms with Crippen LogP contribution in [0, 0.1) is 16.0 Å². The molecule has 1 atom stereocenters. The molecule has 0 aliphatic carbocycles. The van der Waals surface area contributed by atoms with Crippen LogP contribution in [0.25, 0.3) is 0 Å². The molecule has 0 spiro atoms. The largest absolute Gasteiger partial charge is 0.484 e. The van der Waals surface area contributed by atoms with Crippen LogP contribution in [0.4, 0.5) is 5.69 Å². The molecule has 2 N–H and O–H groups in total. The third-order valence-corrected chi connectivity index (χ3v) is 2.59. The molecule has 0 radical (unpaired) electrons. The minimum atomic E-state index is -0.918. The lowest BCUT2D eigenvalue weighted by Crippen LogP contribution is -2.33. The molecule has 1 unspecified atom stereocenters. The normalized spacial score (nSPS) is 11.5. The summed E-state index contributed by atoms with van der Waals surface area (Å²) in [5.41, 5.74) is -0.0608. The van der Waals surface area contributed by atoms with Crippen LogP contribution in [0.1, 0.15) is 13.3 Å². The Morgan fingerprint density at radius 1 is 1.38 bits per heavy atom. The van der Waals surface area contributed by atoms with Crippen LogP contribution in [-0.4, -0.2) is 35.1 Å². The predicted octanol–water partition coefficient (Wildman–Crippen LogP) is 1.20. The highest BCUT2D eigenvalue weighted by molar-refractivity contribution is 5.77. The molecular formula is C13H16N2O6. The van der Waals surface area contributed by atoms with Crippen molar-refractivity contribution < 1.29 is 24.4 Å². The molecule has 0 aromatic heterocycles. The monoisotopic (exact) mass is 296 g/mol. The molecule has 21 heavy (non-hydrogen) atoms. The van der Waals surface area contributed by atoms with E-state index in [0.717, 1.165) is 0 Å². The number of nitro benzene ring substituents is 1. The van der Waals surface area contributed by atoms with Crippen molar-refractivity contribution >= 4 is 17.6 Å². The molecule has 0 saturated heterocycles. The van der Waals surface area contributed by atoms with E-state index in [1.807, 2.05) is 0 Å². The summed E-state index contributed by atoms with van der Waals surface area (Å²) in [7, 11) is 0. The molecule has 1 amide bonds. The first kappa shape index (κ1) is 16.4. The number of non-ortho nitro benzene ring substituents is 1. The molecule has 0 heterocycles. The smallest absolute Gasteiger partial charge is 0.303 e. The lowest BCUT2D eigenvalue weighted by Gasteiger charge is -2.11. The summed E-state index contributed by atoms with van der Waals surface area (Å²) in [6.07, 6.45) is -0.0243. The number of aliphatic carboxylic acids is 1. The highest BCUT2D eigenvalue weighted by Crippen LogP contribution is 2.17. The number of hydrogen-bond acceptors (Lipinski definition) is 5. The molecule has 1 aromatic carbocycles. The van der Waals surface area contributed by atoms with Gasteiger partial charge in [0.1, 0.15) is 5.75 Å². The fourth-order valence-electron chi connectivity index (χ4n) is 1.52. The Labute approximate surface area is 120 Å². The fourth-order valence-corrected chi connectivity index (χ4v) is 1.52. The third-order valence-electron chi connectivity index (χ3n) is 2.59. The molecule has 114 valence electrons. The molecule has 0 aliphatic rings. The summed E-state index contributed by atoms with van der Waals surface area (Å²) in [6.45, 7) is 1.72. The average molecular weight is 296 g/mol. The minimum Gasteiger partial charge on any atom is -0.484 e. The quantitative estimate of drug-likeness (QED) is 0.549. The van der Waals surface area contributed by atoms with Crippen molar-refractivity contribution in [3.63, 3.8) is 0 Å². The summed E-state index contributed by atoms with van der Waals surface area (Å²) in [5, 5.41) is 21.6. The number of hydrogen-bond donors (Lipinski definition) is 2. The number of ether oxygens (including phenoxy) is 1. The third kappa shape index (κ3) is 6.37. The van der Waals surface area contributed by atoms with Crippen molar-refractivity contribution in [1.82, 2.24) is 5.32 Å². The molecule has 0 bridgehead atoms. The van der Waals surface area contributed by atoms with Crippen molar-refractivity contribution in [3.05, 3.63) is 34.4 Å². The maximum atomic E-state index is 11.5. The summed E-state index contributed by atoms with van der Waals surface area (Å²) in [4.78, 5) is 31.9. The number of carbonyl (C=O) groups is 2. The van der Waals surface area contributed by atoms with E-state index in [0.29, 0.717) is 5.75 Å². The van der Waals surface area contributed by atoms with E-state index in [1.54, 1.807) is 6.92 Å². The molecule has 1 aromatic rings. The molecule has 0 saturated carbocycles. The van der Waals surface area contributed by atoms with Gasteiger partial charge in [-0.3, -0.25) is 19.7 Å². The summed E-state index contributed by atoms with van der Waals surface area (Å²) in [6, 6.07) is 5.36. The lowest BCUT2D eigenvalue weighted by atomic mass is 10.1. The van der Waals surface area contributed by atoms with Crippen molar-refractivity contribution in [1.29, 1.82) is 0 Å². The molecule has 0 fully saturated rings. The Morgan fingerprint density at radius 2 is 2.00 bits per heavy atom. The first-order valence-electron chi connectivity index (χ1n) is 6.24. The van der Waals surface area contributed by atoms with Gasteiger partial charge in [0.2, 0.25) is 0 Å². The second-order valence-corrected chi connectivity index (χ2v) is 4.55. The zero-order valence-corrected chi connectivity index (χ0v) is 11.4.